The Labute approximate surface area is 162 Å². The standard InChI is InChI=1S/C20H31N3O3S/c1-15-6-7-18(27(25,26)23-12-4-3-5-16(23)2)13-19(15)20(24)22-11-9-17-8-10-21-14-17/h6-7,13,16-17,21H,3-5,8-12,14H2,1-2H3,(H,22,24). The molecule has 2 fully saturated rings. The summed E-state index contributed by atoms with van der Waals surface area (Å²) in [4.78, 5) is 12.8. The Bertz CT molecular complexity index is 773. The lowest BCUT2D eigenvalue weighted by molar-refractivity contribution is 0.0951. The molecule has 27 heavy (non-hydrogen) atoms. The van der Waals surface area contributed by atoms with Crippen LogP contribution >= 0.6 is 0 Å². The van der Waals surface area contributed by atoms with Gasteiger partial charge in [-0.3, -0.25) is 4.79 Å². The molecule has 2 saturated heterocycles. The van der Waals surface area contributed by atoms with Crippen LogP contribution in [0.15, 0.2) is 23.1 Å². The molecule has 3 rings (SSSR count). The molecule has 7 heteroatoms. The number of piperidine rings is 1. The third-order valence-corrected chi connectivity index (χ3v) is 7.81. The highest BCUT2D eigenvalue weighted by Gasteiger charge is 2.31. The van der Waals surface area contributed by atoms with Gasteiger partial charge in [-0.1, -0.05) is 12.5 Å². The van der Waals surface area contributed by atoms with Gasteiger partial charge in [0.15, 0.2) is 0 Å². The minimum Gasteiger partial charge on any atom is -0.352 e. The molecule has 2 N–H and O–H groups in total. The van der Waals surface area contributed by atoms with Crippen LogP contribution in [-0.4, -0.2) is 50.9 Å². The number of hydrogen-bond donors (Lipinski definition) is 2. The molecule has 2 aliphatic heterocycles. The van der Waals surface area contributed by atoms with Gasteiger partial charge in [-0.25, -0.2) is 8.42 Å². The number of carbonyl (C=O) groups is 1. The Balaban J connectivity index is 1.72. The number of sulfonamides is 1. The lowest BCUT2D eigenvalue weighted by Gasteiger charge is -2.32. The molecule has 0 bridgehead atoms. The molecule has 1 amide bonds. The molecule has 2 aliphatic rings. The maximum atomic E-state index is 13.1. The topological polar surface area (TPSA) is 78.5 Å². The van der Waals surface area contributed by atoms with Crippen molar-refractivity contribution in [2.45, 2.75) is 56.9 Å². The predicted octanol–water partition coefficient (Wildman–Crippen LogP) is 2.29. The van der Waals surface area contributed by atoms with Crippen molar-refractivity contribution in [1.82, 2.24) is 14.9 Å². The third kappa shape index (κ3) is 4.70. The molecular formula is C20H31N3O3S. The zero-order valence-corrected chi connectivity index (χ0v) is 17.1. The van der Waals surface area contributed by atoms with Crippen molar-refractivity contribution in [3.05, 3.63) is 29.3 Å². The van der Waals surface area contributed by atoms with Gasteiger partial charge in [0, 0.05) is 24.7 Å². The van der Waals surface area contributed by atoms with Crippen molar-refractivity contribution in [2.24, 2.45) is 5.92 Å². The van der Waals surface area contributed by atoms with Crippen LogP contribution < -0.4 is 10.6 Å². The average molecular weight is 394 g/mol. The molecule has 2 heterocycles. The number of carbonyl (C=O) groups excluding carboxylic acids is 1. The molecule has 0 aromatic heterocycles. The Hall–Kier alpha value is -1.44. The zero-order chi connectivity index (χ0) is 19.4. The molecule has 0 saturated carbocycles. The van der Waals surface area contributed by atoms with Gasteiger partial charge in [0.1, 0.15) is 0 Å². The Morgan fingerprint density at radius 3 is 2.81 bits per heavy atom. The van der Waals surface area contributed by atoms with Crippen molar-refractivity contribution in [3.63, 3.8) is 0 Å². The highest BCUT2D eigenvalue weighted by molar-refractivity contribution is 7.89. The summed E-state index contributed by atoms with van der Waals surface area (Å²) in [5.74, 6) is 0.417. The molecule has 0 aliphatic carbocycles. The Morgan fingerprint density at radius 1 is 1.30 bits per heavy atom. The summed E-state index contributed by atoms with van der Waals surface area (Å²) >= 11 is 0. The van der Waals surface area contributed by atoms with Crippen LogP contribution in [0.1, 0.15) is 54.9 Å². The molecule has 0 radical (unpaired) electrons. The van der Waals surface area contributed by atoms with Gasteiger partial charge in [0.05, 0.1) is 4.90 Å². The normalized spacial score (nSPS) is 24.1. The molecule has 2 unspecified atom stereocenters. The summed E-state index contributed by atoms with van der Waals surface area (Å²) in [6.45, 7) is 7.02. The van der Waals surface area contributed by atoms with E-state index in [-0.39, 0.29) is 16.8 Å². The van der Waals surface area contributed by atoms with Crippen LogP contribution in [0.3, 0.4) is 0 Å². The first-order valence-electron chi connectivity index (χ1n) is 10.0. The Kier molecular flexibility index (Phi) is 6.55. The second kappa shape index (κ2) is 8.71. The molecule has 150 valence electrons. The van der Waals surface area contributed by atoms with Crippen molar-refractivity contribution in [2.75, 3.05) is 26.2 Å². The van der Waals surface area contributed by atoms with E-state index >= 15 is 0 Å². The van der Waals surface area contributed by atoms with Crippen molar-refractivity contribution >= 4 is 15.9 Å². The minimum atomic E-state index is -3.57. The van der Waals surface area contributed by atoms with Gasteiger partial charge in [0.2, 0.25) is 10.0 Å². The van der Waals surface area contributed by atoms with Gasteiger partial charge in [-0.15, -0.1) is 0 Å². The lowest BCUT2D eigenvalue weighted by atomic mass is 10.0. The minimum absolute atomic E-state index is 0.00218. The van der Waals surface area contributed by atoms with Gasteiger partial charge in [0.25, 0.3) is 5.91 Å². The van der Waals surface area contributed by atoms with Gasteiger partial charge >= 0.3 is 0 Å². The summed E-state index contributed by atoms with van der Waals surface area (Å²) in [5, 5.41) is 6.28. The number of nitrogens with one attached hydrogen (secondary N) is 2. The van der Waals surface area contributed by atoms with E-state index in [9.17, 15) is 13.2 Å². The van der Waals surface area contributed by atoms with Crippen LogP contribution in [0.2, 0.25) is 0 Å². The van der Waals surface area contributed by atoms with Crippen LogP contribution in [0.4, 0.5) is 0 Å². The molecule has 2 atom stereocenters. The first kappa shape index (κ1) is 20.3. The number of amides is 1. The van der Waals surface area contributed by atoms with Crippen molar-refractivity contribution in [1.29, 1.82) is 0 Å². The fraction of sp³-hybridized carbons (Fsp3) is 0.650. The molecule has 1 aromatic carbocycles. The number of aryl methyl sites for hydroxylation is 1. The van der Waals surface area contributed by atoms with E-state index in [1.54, 1.807) is 22.5 Å². The molecule has 6 nitrogen and oxygen atoms in total. The predicted molar refractivity (Wildman–Crippen MR) is 106 cm³/mol. The van der Waals surface area contributed by atoms with Crippen LogP contribution in [0, 0.1) is 12.8 Å². The smallest absolute Gasteiger partial charge is 0.251 e. The van der Waals surface area contributed by atoms with Gasteiger partial charge in [-0.05, 0) is 76.2 Å². The average Bonchev–Trinajstić information content (AvgIpc) is 3.15. The number of rotatable bonds is 6. The van der Waals surface area contributed by atoms with E-state index in [0.717, 1.165) is 50.8 Å². The first-order chi connectivity index (χ1) is 12.9. The van der Waals surface area contributed by atoms with Crippen molar-refractivity contribution in [3.8, 4) is 0 Å². The van der Waals surface area contributed by atoms with E-state index in [4.69, 9.17) is 0 Å². The Morgan fingerprint density at radius 2 is 2.11 bits per heavy atom. The summed E-state index contributed by atoms with van der Waals surface area (Å²) in [5.41, 5.74) is 1.24. The van der Waals surface area contributed by atoms with E-state index < -0.39 is 10.0 Å². The maximum absolute atomic E-state index is 13.1. The summed E-state index contributed by atoms with van der Waals surface area (Å²) in [7, 11) is -3.57. The largest absolute Gasteiger partial charge is 0.352 e. The first-order valence-corrected chi connectivity index (χ1v) is 11.4. The van der Waals surface area contributed by atoms with Crippen molar-refractivity contribution < 1.29 is 13.2 Å². The number of nitrogens with zero attached hydrogens (tertiary/aromatic N) is 1. The van der Waals surface area contributed by atoms with Crippen LogP contribution in [0.25, 0.3) is 0 Å². The summed E-state index contributed by atoms with van der Waals surface area (Å²) in [6.07, 6.45) is 4.93. The van der Waals surface area contributed by atoms with Gasteiger partial charge < -0.3 is 10.6 Å². The second-order valence-electron chi connectivity index (χ2n) is 7.84. The van der Waals surface area contributed by atoms with Crippen LogP contribution in [0.5, 0.6) is 0 Å². The third-order valence-electron chi connectivity index (χ3n) is 5.80. The number of hydrogen-bond acceptors (Lipinski definition) is 4. The maximum Gasteiger partial charge on any atom is 0.251 e. The fourth-order valence-corrected chi connectivity index (χ4v) is 5.74. The highest BCUT2D eigenvalue weighted by Crippen LogP contribution is 2.26. The SMILES string of the molecule is Cc1ccc(S(=O)(=O)N2CCCCC2C)cc1C(=O)NCCC1CCNC1. The molecular weight excluding hydrogens is 362 g/mol. The van der Waals surface area contributed by atoms with E-state index in [2.05, 4.69) is 10.6 Å². The highest BCUT2D eigenvalue weighted by atomic mass is 32.2. The van der Waals surface area contributed by atoms with Gasteiger partial charge in [-0.2, -0.15) is 4.31 Å². The molecule has 0 spiro atoms. The van der Waals surface area contributed by atoms with E-state index in [0.29, 0.717) is 24.6 Å². The second-order valence-corrected chi connectivity index (χ2v) is 9.73. The monoisotopic (exact) mass is 393 g/mol. The van der Waals surface area contributed by atoms with E-state index in [1.807, 2.05) is 13.8 Å². The van der Waals surface area contributed by atoms with E-state index in [1.165, 1.54) is 0 Å². The lowest BCUT2D eigenvalue weighted by Crippen LogP contribution is -2.42. The number of benzene rings is 1. The van der Waals surface area contributed by atoms with Crippen LogP contribution in [-0.2, 0) is 10.0 Å². The summed E-state index contributed by atoms with van der Waals surface area (Å²) in [6, 6.07) is 4.89. The quantitative estimate of drug-likeness (QED) is 0.777. The fourth-order valence-electron chi connectivity index (χ4n) is 4.02. The summed E-state index contributed by atoms with van der Waals surface area (Å²) < 4.78 is 27.7. The zero-order valence-electron chi connectivity index (χ0n) is 16.3. The molecule has 1 aromatic rings.